The van der Waals surface area contributed by atoms with Crippen LogP contribution in [0.5, 0.6) is 23.0 Å². The molecular weight excluding hydrogens is 764 g/mol. The summed E-state index contributed by atoms with van der Waals surface area (Å²) in [6.45, 7) is 0. The van der Waals surface area contributed by atoms with E-state index < -0.39 is 11.6 Å². The van der Waals surface area contributed by atoms with Crippen molar-refractivity contribution >= 4 is 69.7 Å². The van der Waals surface area contributed by atoms with Gasteiger partial charge in [0.15, 0.2) is 5.60 Å². The maximum Gasteiger partial charge on any atom is 0.340 e. The summed E-state index contributed by atoms with van der Waals surface area (Å²) in [4.78, 5) is 12.8. The van der Waals surface area contributed by atoms with E-state index >= 15 is 0 Å². The number of nitrogens with zero attached hydrogens (tertiary/aromatic N) is 2. The summed E-state index contributed by atoms with van der Waals surface area (Å²) in [6, 6.07) is 10.2. The van der Waals surface area contributed by atoms with Gasteiger partial charge in [-0.1, -0.05) is 61.6 Å². The van der Waals surface area contributed by atoms with Gasteiger partial charge in [0.1, 0.15) is 11.5 Å². The number of hydrogen-bond donors (Lipinski definition) is 0. The molecule has 0 atom stereocenters. The van der Waals surface area contributed by atoms with E-state index in [4.69, 9.17) is 9.47 Å². The highest BCUT2D eigenvalue weighted by Crippen LogP contribution is 2.61. The highest BCUT2D eigenvalue weighted by Gasteiger charge is 2.54. The van der Waals surface area contributed by atoms with Gasteiger partial charge in [0.05, 0.1) is 70.9 Å². The standard InChI is InChI=1S/C20H8Br4O5.2C4H12N/c21-11-5-9-17(13(23)15(11)25)28-18-10(6-12(22)16(26)14(18)24)20(9)8-4-2-1-3-7(8)19(27)29-20;2*1-5(2,3)4/h1-6,25-26H;2*1-4H3/q;2*+1/p-2. The number of rotatable bonds is 0. The smallest absolute Gasteiger partial charge is 0.340 e. The van der Waals surface area contributed by atoms with Crippen LogP contribution in [-0.2, 0) is 10.3 Å². The Kier molecular flexibility index (Phi) is 9.27. The van der Waals surface area contributed by atoms with Crippen molar-refractivity contribution in [2.75, 3.05) is 56.4 Å². The van der Waals surface area contributed by atoms with Crippen LogP contribution >= 0.6 is 63.7 Å². The molecule has 7 nitrogen and oxygen atoms in total. The molecule has 39 heavy (non-hydrogen) atoms. The quantitative estimate of drug-likeness (QED) is 0.203. The lowest BCUT2D eigenvalue weighted by Crippen LogP contribution is -2.33. The SMILES string of the molecule is C[N+](C)(C)C.C[N+](C)(C)C.O=C1OC2(c3ccccc31)c1cc(Br)c([O-])c(Br)c1Oc1c2cc(Br)c([O-])c1Br. The Morgan fingerprint density at radius 2 is 1.08 bits per heavy atom. The molecule has 0 saturated carbocycles. The van der Waals surface area contributed by atoms with Gasteiger partial charge in [-0.3, -0.25) is 0 Å². The number of carbonyl (C=O) groups is 1. The van der Waals surface area contributed by atoms with E-state index in [1.54, 1.807) is 36.4 Å². The minimum atomic E-state index is -1.38. The number of quaternary nitrogens is 2. The zero-order chi connectivity index (χ0) is 29.7. The van der Waals surface area contributed by atoms with Crippen LogP contribution in [0.3, 0.4) is 0 Å². The van der Waals surface area contributed by atoms with E-state index in [-0.39, 0.29) is 40.9 Å². The molecule has 3 aromatic rings. The molecule has 0 fully saturated rings. The molecule has 0 radical (unpaired) electrons. The number of halogens is 4. The van der Waals surface area contributed by atoms with Crippen LogP contribution in [0.1, 0.15) is 27.0 Å². The lowest BCUT2D eigenvalue weighted by atomic mass is 9.77. The molecule has 2 heterocycles. The molecule has 1 spiro atoms. The first-order chi connectivity index (χ1) is 17.8. The maximum absolute atomic E-state index is 12.8. The predicted octanol–water partition coefficient (Wildman–Crippen LogP) is 6.10. The molecule has 0 unspecified atom stereocenters. The normalized spacial score (nSPS) is 14.5. The summed E-state index contributed by atoms with van der Waals surface area (Å²) in [5.74, 6) is -0.766. The van der Waals surface area contributed by atoms with Gasteiger partial charge in [0.2, 0.25) is 0 Å². The summed E-state index contributed by atoms with van der Waals surface area (Å²) < 4.78 is 14.9. The molecule has 0 bridgehead atoms. The van der Waals surface area contributed by atoms with Gasteiger partial charge >= 0.3 is 5.97 Å². The minimum Gasteiger partial charge on any atom is -0.871 e. The molecule has 3 aromatic carbocycles. The van der Waals surface area contributed by atoms with Crippen LogP contribution in [0.2, 0.25) is 0 Å². The van der Waals surface area contributed by atoms with Gasteiger partial charge in [-0.05, 0) is 50.1 Å². The van der Waals surface area contributed by atoms with Crippen molar-refractivity contribution in [3.05, 3.63) is 76.5 Å². The van der Waals surface area contributed by atoms with Crippen molar-refractivity contribution in [2.45, 2.75) is 5.60 Å². The monoisotopic (exact) mass is 790 g/mol. The molecule has 0 amide bonds. The lowest BCUT2D eigenvalue weighted by Gasteiger charge is -2.39. The highest BCUT2D eigenvalue weighted by atomic mass is 79.9. The Labute approximate surface area is 263 Å². The zero-order valence-electron chi connectivity index (χ0n) is 22.9. The predicted molar refractivity (Wildman–Crippen MR) is 162 cm³/mol. The Hall–Kier alpha value is -1.63. The molecule has 11 heteroatoms. The van der Waals surface area contributed by atoms with Crippen molar-refractivity contribution in [3.8, 4) is 23.0 Å². The molecule has 2 aliphatic heterocycles. The summed E-state index contributed by atoms with van der Waals surface area (Å²) in [6.07, 6.45) is 0. The third-order valence-corrected chi connectivity index (χ3v) is 7.62. The van der Waals surface area contributed by atoms with E-state index in [9.17, 15) is 15.0 Å². The van der Waals surface area contributed by atoms with E-state index in [0.29, 0.717) is 22.3 Å². The van der Waals surface area contributed by atoms with Crippen LogP contribution in [0, 0.1) is 0 Å². The number of carbonyl (C=O) groups excluding carboxylic acids is 1. The summed E-state index contributed by atoms with van der Waals surface area (Å²) in [5.41, 5.74) is 0.570. The third kappa shape index (κ3) is 6.65. The molecule has 0 saturated heterocycles. The first-order valence-corrected chi connectivity index (χ1v) is 14.9. The van der Waals surface area contributed by atoms with Gasteiger partial charge in [-0.25, -0.2) is 4.79 Å². The minimum absolute atomic E-state index is 0.162. The van der Waals surface area contributed by atoms with Crippen molar-refractivity contribution in [2.24, 2.45) is 0 Å². The second kappa shape index (κ2) is 11.3. The van der Waals surface area contributed by atoms with Crippen LogP contribution < -0.4 is 14.9 Å². The number of esters is 1. The first kappa shape index (κ1) is 31.9. The summed E-state index contributed by atoms with van der Waals surface area (Å²) in [5, 5.41) is 25.0. The zero-order valence-corrected chi connectivity index (χ0v) is 29.3. The third-order valence-electron chi connectivity index (χ3n) is 5.00. The fourth-order valence-corrected chi connectivity index (χ4v) is 6.16. The van der Waals surface area contributed by atoms with Gasteiger partial charge < -0.3 is 28.7 Å². The maximum atomic E-state index is 12.8. The number of fused-ring (bicyclic) bond motifs is 6. The van der Waals surface area contributed by atoms with E-state index in [1.807, 2.05) is 0 Å². The van der Waals surface area contributed by atoms with Crippen molar-refractivity contribution in [1.82, 2.24) is 0 Å². The topological polar surface area (TPSA) is 81.7 Å². The van der Waals surface area contributed by atoms with Gasteiger partial charge in [-0.2, -0.15) is 0 Å². The largest absolute Gasteiger partial charge is 0.871 e. The van der Waals surface area contributed by atoms with E-state index in [0.717, 1.165) is 8.97 Å². The summed E-state index contributed by atoms with van der Waals surface area (Å²) in [7, 11) is 17.0. The Bertz CT molecular complexity index is 1360. The lowest BCUT2D eigenvalue weighted by molar-refractivity contribution is -0.849. The average molecular weight is 794 g/mol. The molecular formula is C28H30Br4N2O5. The molecule has 0 aliphatic carbocycles. The fraction of sp³-hybridized carbons (Fsp3) is 0.321. The van der Waals surface area contributed by atoms with E-state index in [1.165, 1.54) is 0 Å². The van der Waals surface area contributed by atoms with Crippen LogP contribution in [0.15, 0.2) is 54.3 Å². The van der Waals surface area contributed by atoms with Crippen LogP contribution in [0.25, 0.3) is 0 Å². The molecule has 210 valence electrons. The van der Waals surface area contributed by atoms with Crippen molar-refractivity contribution in [3.63, 3.8) is 0 Å². The number of benzene rings is 3. The molecule has 5 rings (SSSR count). The highest BCUT2D eigenvalue weighted by molar-refractivity contribution is 9.11. The number of ether oxygens (including phenoxy) is 2. The summed E-state index contributed by atoms with van der Waals surface area (Å²) >= 11 is 13.2. The van der Waals surface area contributed by atoms with Crippen LogP contribution in [-0.4, -0.2) is 71.3 Å². The van der Waals surface area contributed by atoms with Gasteiger partial charge in [-0.15, -0.1) is 0 Å². The Balaban J connectivity index is 0.000000362. The molecule has 2 aliphatic rings. The second-order valence-corrected chi connectivity index (χ2v) is 15.1. The number of hydrogen-bond acceptors (Lipinski definition) is 5. The Morgan fingerprint density at radius 1 is 0.692 bits per heavy atom. The van der Waals surface area contributed by atoms with Crippen molar-refractivity contribution in [1.29, 1.82) is 0 Å². The Morgan fingerprint density at radius 3 is 1.49 bits per heavy atom. The molecule has 0 aromatic heterocycles. The van der Waals surface area contributed by atoms with Crippen molar-refractivity contribution < 1.29 is 33.4 Å². The average Bonchev–Trinajstić information content (AvgIpc) is 3.09. The van der Waals surface area contributed by atoms with Gasteiger partial charge in [0.25, 0.3) is 0 Å². The first-order valence-electron chi connectivity index (χ1n) is 11.7. The molecule has 0 N–H and O–H groups in total. The fourth-order valence-electron chi connectivity index (χ4n) is 3.75. The van der Waals surface area contributed by atoms with Gasteiger partial charge in [0, 0.05) is 25.6 Å². The van der Waals surface area contributed by atoms with E-state index in [2.05, 4.69) is 120 Å². The van der Waals surface area contributed by atoms with Crippen LogP contribution in [0.4, 0.5) is 0 Å². The second-order valence-electron chi connectivity index (χ2n) is 11.8.